The van der Waals surface area contributed by atoms with Crippen molar-refractivity contribution in [2.24, 2.45) is 0 Å². The summed E-state index contributed by atoms with van der Waals surface area (Å²) in [4.78, 5) is 12.8. The van der Waals surface area contributed by atoms with Gasteiger partial charge in [0.25, 0.3) is 0 Å². The van der Waals surface area contributed by atoms with Gasteiger partial charge in [0.1, 0.15) is 12.0 Å². The molecule has 0 saturated heterocycles. The molecular formula is C14H10N6O. The molecule has 0 saturated carbocycles. The second kappa shape index (κ2) is 4.41. The topological polar surface area (TPSA) is 107 Å². The van der Waals surface area contributed by atoms with Crippen LogP contribution in [0.1, 0.15) is 0 Å². The van der Waals surface area contributed by atoms with Crippen molar-refractivity contribution in [3.63, 3.8) is 0 Å². The maximum absolute atomic E-state index is 5.85. The minimum Gasteiger partial charge on any atom is -0.463 e. The summed E-state index contributed by atoms with van der Waals surface area (Å²) < 4.78 is 5.47. The molecule has 0 atom stereocenters. The smallest absolute Gasteiger partial charge is 0.158 e. The monoisotopic (exact) mass is 278 g/mol. The largest absolute Gasteiger partial charge is 0.463 e. The molecule has 7 nitrogen and oxygen atoms in total. The fraction of sp³-hybridized carbons (Fsp3) is 0. The molecule has 3 N–H and O–H groups in total. The van der Waals surface area contributed by atoms with Crippen LogP contribution in [0.2, 0.25) is 0 Å². The summed E-state index contributed by atoms with van der Waals surface area (Å²) in [5, 5.41) is 7.54. The summed E-state index contributed by atoms with van der Waals surface area (Å²) in [5.41, 5.74) is 8.69. The summed E-state index contributed by atoms with van der Waals surface area (Å²) in [7, 11) is 0. The molecule has 0 aromatic carbocycles. The zero-order valence-electron chi connectivity index (χ0n) is 10.8. The number of furan rings is 1. The highest BCUT2D eigenvalue weighted by Crippen LogP contribution is 2.33. The molecule has 102 valence electrons. The first-order chi connectivity index (χ1) is 10.3. The number of nitrogens with one attached hydrogen (secondary N) is 1. The lowest BCUT2D eigenvalue weighted by molar-refractivity contribution is 0.580. The number of pyridine rings is 1. The summed E-state index contributed by atoms with van der Waals surface area (Å²) in [6, 6.07) is 7.37. The molecule has 4 aromatic rings. The Morgan fingerprint density at radius 2 is 2.19 bits per heavy atom. The highest BCUT2D eigenvalue weighted by Gasteiger charge is 2.16. The van der Waals surface area contributed by atoms with Gasteiger partial charge in [-0.2, -0.15) is 5.10 Å². The molecule has 4 aromatic heterocycles. The lowest BCUT2D eigenvalue weighted by Gasteiger charge is -2.06. The van der Waals surface area contributed by atoms with Crippen molar-refractivity contribution in [1.82, 2.24) is 25.1 Å². The third-order valence-corrected chi connectivity index (χ3v) is 3.19. The second-order valence-electron chi connectivity index (χ2n) is 4.46. The number of aromatic nitrogens is 5. The molecule has 0 bridgehead atoms. The fourth-order valence-corrected chi connectivity index (χ4v) is 2.21. The number of nitrogens with two attached hydrogens (primary N) is 1. The van der Waals surface area contributed by atoms with Gasteiger partial charge in [-0.05, 0) is 24.3 Å². The first-order valence-corrected chi connectivity index (χ1v) is 6.28. The quantitative estimate of drug-likeness (QED) is 0.582. The fourth-order valence-electron chi connectivity index (χ4n) is 2.21. The third-order valence-electron chi connectivity index (χ3n) is 3.19. The van der Waals surface area contributed by atoms with Crippen molar-refractivity contribution in [1.29, 1.82) is 0 Å². The van der Waals surface area contributed by atoms with Gasteiger partial charge >= 0.3 is 0 Å². The summed E-state index contributed by atoms with van der Waals surface area (Å²) >= 11 is 0. The van der Waals surface area contributed by atoms with E-state index >= 15 is 0 Å². The van der Waals surface area contributed by atoms with Crippen LogP contribution in [0.3, 0.4) is 0 Å². The molecule has 0 radical (unpaired) electrons. The van der Waals surface area contributed by atoms with Gasteiger partial charge in [0.2, 0.25) is 0 Å². The average Bonchev–Trinajstić information content (AvgIpc) is 3.17. The Hall–Kier alpha value is -3.22. The number of nitrogens with zero attached hydrogens (tertiary/aromatic N) is 4. The molecule has 0 fully saturated rings. The summed E-state index contributed by atoms with van der Waals surface area (Å²) in [5.74, 6) is 1.05. The van der Waals surface area contributed by atoms with Gasteiger partial charge in [-0.1, -0.05) is 0 Å². The van der Waals surface area contributed by atoms with Crippen molar-refractivity contribution in [2.45, 2.75) is 0 Å². The van der Waals surface area contributed by atoms with Crippen molar-refractivity contribution in [3.8, 4) is 22.7 Å². The van der Waals surface area contributed by atoms with Crippen LogP contribution in [-0.4, -0.2) is 25.1 Å². The molecule has 0 aliphatic heterocycles. The molecule has 0 unspecified atom stereocenters. The van der Waals surface area contributed by atoms with Gasteiger partial charge < -0.3 is 10.2 Å². The molecule has 0 amide bonds. The normalized spacial score (nSPS) is 11.0. The van der Waals surface area contributed by atoms with Gasteiger partial charge in [0.15, 0.2) is 17.2 Å². The van der Waals surface area contributed by atoms with Gasteiger partial charge in [0, 0.05) is 11.8 Å². The zero-order chi connectivity index (χ0) is 14.2. The van der Waals surface area contributed by atoms with E-state index < -0.39 is 0 Å². The van der Waals surface area contributed by atoms with Crippen molar-refractivity contribution >= 4 is 16.9 Å². The van der Waals surface area contributed by atoms with Crippen molar-refractivity contribution in [2.75, 3.05) is 5.73 Å². The first kappa shape index (κ1) is 11.6. The number of H-pyrrole nitrogens is 1. The van der Waals surface area contributed by atoms with Crippen LogP contribution in [0, 0.1) is 0 Å². The van der Waals surface area contributed by atoms with Gasteiger partial charge in [-0.25, -0.2) is 15.0 Å². The number of nitrogen functional groups attached to an aromatic ring is 1. The number of anilines is 1. The van der Waals surface area contributed by atoms with E-state index in [1.54, 1.807) is 12.5 Å². The van der Waals surface area contributed by atoms with Crippen LogP contribution in [0.25, 0.3) is 33.7 Å². The number of rotatable bonds is 2. The zero-order valence-corrected chi connectivity index (χ0v) is 10.8. The predicted molar refractivity (Wildman–Crippen MR) is 77.0 cm³/mol. The predicted octanol–water partition coefficient (Wildman–Crippen LogP) is 2.26. The minimum absolute atomic E-state index is 0.402. The van der Waals surface area contributed by atoms with Gasteiger partial charge in [0.05, 0.1) is 17.3 Å². The minimum atomic E-state index is 0.402. The van der Waals surface area contributed by atoms with Crippen LogP contribution in [0.4, 0.5) is 5.82 Å². The third kappa shape index (κ3) is 1.83. The van der Waals surface area contributed by atoms with Crippen LogP contribution in [0.15, 0.2) is 47.5 Å². The summed E-state index contributed by atoms with van der Waals surface area (Å²) in [6.07, 6.45) is 4.77. The highest BCUT2D eigenvalue weighted by atomic mass is 16.3. The lowest BCUT2D eigenvalue weighted by Crippen LogP contribution is -1.93. The van der Waals surface area contributed by atoms with Gasteiger partial charge in [-0.15, -0.1) is 0 Å². The van der Waals surface area contributed by atoms with Crippen LogP contribution < -0.4 is 5.73 Å². The number of aromatic amines is 1. The van der Waals surface area contributed by atoms with E-state index in [1.165, 1.54) is 6.33 Å². The molecule has 7 heteroatoms. The highest BCUT2D eigenvalue weighted by molar-refractivity contribution is 5.93. The van der Waals surface area contributed by atoms with Crippen LogP contribution in [-0.2, 0) is 0 Å². The SMILES string of the molecule is Nc1n[nH]c2nc(-c3ccco3)c(-c3ccncn3)cc12. The Kier molecular flexibility index (Phi) is 2.43. The lowest BCUT2D eigenvalue weighted by atomic mass is 10.1. The maximum atomic E-state index is 5.85. The molecule has 0 spiro atoms. The van der Waals surface area contributed by atoms with Crippen molar-refractivity contribution in [3.05, 3.63) is 43.1 Å². The Balaban J connectivity index is 2.06. The molecule has 21 heavy (non-hydrogen) atoms. The number of hydrogen-bond acceptors (Lipinski definition) is 6. The van der Waals surface area contributed by atoms with E-state index in [2.05, 4.69) is 25.1 Å². The Labute approximate surface area is 118 Å². The van der Waals surface area contributed by atoms with E-state index in [4.69, 9.17) is 10.2 Å². The Morgan fingerprint density at radius 3 is 2.95 bits per heavy atom. The van der Waals surface area contributed by atoms with Crippen LogP contribution >= 0.6 is 0 Å². The molecular weight excluding hydrogens is 268 g/mol. The maximum Gasteiger partial charge on any atom is 0.158 e. The molecule has 0 aliphatic rings. The average molecular weight is 278 g/mol. The standard InChI is InChI=1S/C14H10N6O/c15-13-9-6-8(10-3-4-16-7-17-10)12(11-2-1-5-21-11)18-14(9)20-19-13/h1-7H,(H3,15,18,19,20). The molecule has 4 heterocycles. The second-order valence-corrected chi connectivity index (χ2v) is 4.46. The van der Waals surface area contributed by atoms with Crippen molar-refractivity contribution < 1.29 is 4.42 Å². The van der Waals surface area contributed by atoms with Crippen LogP contribution in [0.5, 0.6) is 0 Å². The Morgan fingerprint density at radius 1 is 1.24 bits per heavy atom. The molecule has 0 aliphatic carbocycles. The Bertz CT molecular complexity index is 898. The van der Waals surface area contributed by atoms with E-state index in [-0.39, 0.29) is 0 Å². The van der Waals surface area contributed by atoms with Gasteiger partial charge in [-0.3, -0.25) is 5.10 Å². The van der Waals surface area contributed by atoms with E-state index in [1.807, 2.05) is 24.3 Å². The van der Waals surface area contributed by atoms with E-state index in [0.29, 0.717) is 22.9 Å². The number of hydrogen-bond donors (Lipinski definition) is 2. The summed E-state index contributed by atoms with van der Waals surface area (Å²) in [6.45, 7) is 0. The van der Waals surface area contributed by atoms with E-state index in [9.17, 15) is 0 Å². The number of fused-ring (bicyclic) bond motifs is 1. The molecule has 4 rings (SSSR count). The van der Waals surface area contributed by atoms with E-state index in [0.717, 1.165) is 16.6 Å². The first-order valence-electron chi connectivity index (χ1n) is 6.28.